The van der Waals surface area contributed by atoms with Crippen LogP contribution < -0.4 is 21.5 Å². The molecule has 1 heterocycles. The van der Waals surface area contributed by atoms with E-state index in [-0.39, 0.29) is 0 Å². The molecular formula is C14H17N3O3S. The summed E-state index contributed by atoms with van der Waals surface area (Å²) in [5.74, 6) is -0.346. The van der Waals surface area contributed by atoms with Crippen LogP contribution in [0.25, 0.3) is 10.1 Å². The van der Waals surface area contributed by atoms with Gasteiger partial charge in [-0.25, -0.2) is 0 Å². The Kier molecular flexibility index (Phi) is 3.78. The van der Waals surface area contributed by atoms with E-state index in [0.717, 1.165) is 10.1 Å². The largest absolute Gasteiger partial charge is 0.497 e. The summed E-state index contributed by atoms with van der Waals surface area (Å²) in [7, 11) is 1.57. The summed E-state index contributed by atoms with van der Waals surface area (Å²) < 4.78 is 5.99. The molecule has 0 saturated heterocycles. The summed E-state index contributed by atoms with van der Waals surface area (Å²) in [6, 6.07) is 5.39. The Hall–Kier alpha value is -2.28. The van der Waals surface area contributed by atoms with Crippen LogP contribution in [0.2, 0.25) is 0 Å². The zero-order chi connectivity index (χ0) is 15.8. The molecule has 5 N–H and O–H groups in total. The van der Waals surface area contributed by atoms with E-state index in [4.69, 9.17) is 16.2 Å². The van der Waals surface area contributed by atoms with Gasteiger partial charge in [-0.3, -0.25) is 9.59 Å². The van der Waals surface area contributed by atoms with Crippen LogP contribution in [0.15, 0.2) is 18.2 Å². The number of benzene rings is 1. The number of primary amides is 1. The van der Waals surface area contributed by atoms with Crippen molar-refractivity contribution in [3.63, 3.8) is 0 Å². The summed E-state index contributed by atoms with van der Waals surface area (Å²) in [6.07, 6.45) is 0. The lowest BCUT2D eigenvalue weighted by molar-refractivity contribution is -0.122. The number of hydrogen-bond donors (Lipinski definition) is 3. The standard InChI is InChI=1S/C14H17N3O3S/c1-14(2,13(16)19)17-12(18)11-10(15)8-5-4-7(20-3)6-9(8)21-11/h4-6H,15H2,1-3H3,(H2,16,19)(H,17,18). The molecule has 112 valence electrons. The molecule has 0 aliphatic heterocycles. The van der Waals surface area contributed by atoms with Gasteiger partial charge in [-0.1, -0.05) is 0 Å². The molecule has 7 heteroatoms. The summed E-state index contributed by atoms with van der Waals surface area (Å²) in [5.41, 5.74) is 10.5. The number of methoxy groups -OCH3 is 1. The van der Waals surface area contributed by atoms with E-state index in [9.17, 15) is 9.59 Å². The van der Waals surface area contributed by atoms with Crippen LogP contribution in [0.5, 0.6) is 5.75 Å². The van der Waals surface area contributed by atoms with E-state index < -0.39 is 17.4 Å². The van der Waals surface area contributed by atoms with Gasteiger partial charge in [-0.15, -0.1) is 11.3 Å². The van der Waals surface area contributed by atoms with Crippen molar-refractivity contribution in [2.45, 2.75) is 19.4 Å². The maximum atomic E-state index is 12.3. The summed E-state index contributed by atoms with van der Waals surface area (Å²) in [6.45, 7) is 3.08. The minimum absolute atomic E-state index is 0.354. The SMILES string of the molecule is COc1ccc2c(N)c(C(=O)NC(C)(C)C(N)=O)sc2c1. The molecule has 0 atom stereocenters. The van der Waals surface area contributed by atoms with E-state index >= 15 is 0 Å². The van der Waals surface area contributed by atoms with Crippen molar-refractivity contribution in [1.29, 1.82) is 0 Å². The normalized spacial score (nSPS) is 11.4. The first-order chi connectivity index (χ1) is 9.76. The number of anilines is 1. The lowest BCUT2D eigenvalue weighted by Gasteiger charge is -2.21. The summed E-state index contributed by atoms with van der Waals surface area (Å²) >= 11 is 1.24. The fourth-order valence-electron chi connectivity index (χ4n) is 1.79. The highest BCUT2D eigenvalue weighted by molar-refractivity contribution is 7.21. The fraction of sp³-hybridized carbons (Fsp3) is 0.286. The highest BCUT2D eigenvalue weighted by atomic mass is 32.1. The molecule has 0 unspecified atom stereocenters. The van der Waals surface area contributed by atoms with E-state index in [1.54, 1.807) is 33.1 Å². The van der Waals surface area contributed by atoms with Crippen molar-refractivity contribution >= 4 is 38.9 Å². The van der Waals surface area contributed by atoms with Crippen LogP contribution in [0.4, 0.5) is 5.69 Å². The Morgan fingerprint density at radius 3 is 2.57 bits per heavy atom. The van der Waals surface area contributed by atoms with Gasteiger partial charge in [0.15, 0.2) is 0 Å². The van der Waals surface area contributed by atoms with Gasteiger partial charge in [0.05, 0.1) is 12.8 Å². The Labute approximate surface area is 126 Å². The maximum absolute atomic E-state index is 12.3. The number of carbonyl (C=O) groups is 2. The lowest BCUT2D eigenvalue weighted by atomic mass is 10.1. The van der Waals surface area contributed by atoms with Crippen molar-refractivity contribution in [1.82, 2.24) is 5.32 Å². The monoisotopic (exact) mass is 307 g/mol. The lowest BCUT2D eigenvalue weighted by Crippen LogP contribution is -2.52. The molecule has 2 aromatic rings. The van der Waals surface area contributed by atoms with Gasteiger partial charge in [-0.05, 0) is 32.0 Å². The first-order valence-corrected chi connectivity index (χ1v) is 7.06. The molecule has 1 aromatic carbocycles. The highest BCUT2D eigenvalue weighted by Gasteiger charge is 2.29. The van der Waals surface area contributed by atoms with E-state index in [1.807, 2.05) is 6.07 Å². The van der Waals surface area contributed by atoms with Gasteiger partial charge in [0.25, 0.3) is 5.91 Å². The predicted molar refractivity (Wildman–Crippen MR) is 83.5 cm³/mol. The molecule has 0 fully saturated rings. The van der Waals surface area contributed by atoms with E-state index in [0.29, 0.717) is 16.3 Å². The smallest absolute Gasteiger partial charge is 0.264 e. The average Bonchev–Trinajstić information content (AvgIpc) is 2.75. The summed E-state index contributed by atoms with van der Waals surface area (Å²) in [4.78, 5) is 23.9. The van der Waals surface area contributed by atoms with Gasteiger partial charge in [0, 0.05) is 10.1 Å². The van der Waals surface area contributed by atoms with Gasteiger partial charge in [-0.2, -0.15) is 0 Å². The first-order valence-electron chi connectivity index (χ1n) is 6.24. The minimum atomic E-state index is -1.14. The zero-order valence-electron chi connectivity index (χ0n) is 12.0. The number of nitrogen functional groups attached to an aromatic ring is 1. The molecule has 0 radical (unpaired) electrons. The third kappa shape index (κ3) is 2.78. The van der Waals surface area contributed by atoms with E-state index in [2.05, 4.69) is 5.32 Å². The predicted octanol–water partition coefficient (Wildman–Crippen LogP) is 1.49. The zero-order valence-corrected chi connectivity index (χ0v) is 12.8. The second kappa shape index (κ2) is 5.25. The van der Waals surface area contributed by atoms with Crippen LogP contribution in [0.3, 0.4) is 0 Å². The fourth-order valence-corrected chi connectivity index (χ4v) is 2.84. The number of fused-ring (bicyclic) bond motifs is 1. The number of nitrogens with one attached hydrogen (secondary N) is 1. The number of carbonyl (C=O) groups excluding carboxylic acids is 2. The Bertz CT molecular complexity index is 722. The number of amides is 2. The Morgan fingerprint density at radius 2 is 2.00 bits per heavy atom. The molecule has 21 heavy (non-hydrogen) atoms. The van der Waals surface area contributed by atoms with Crippen LogP contribution in [0.1, 0.15) is 23.5 Å². The Balaban J connectivity index is 2.40. The van der Waals surface area contributed by atoms with Crippen molar-refractivity contribution in [2.24, 2.45) is 5.73 Å². The van der Waals surface area contributed by atoms with E-state index in [1.165, 1.54) is 11.3 Å². The molecule has 2 rings (SSSR count). The van der Waals surface area contributed by atoms with Crippen molar-refractivity contribution < 1.29 is 14.3 Å². The Morgan fingerprint density at radius 1 is 1.33 bits per heavy atom. The second-order valence-electron chi connectivity index (χ2n) is 5.15. The highest BCUT2D eigenvalue weighted by Crippen LogP contribution is 2.35. The topological polar surface area (TPSA) is 107 Å². The third-order valence-electron chi connectivity index (χ3n) is 3.18. The number of rotatable bonds is 4. The maximum Gasteiger partial charge on any atom is 0.264 e. The molecule has 0 bridgehead atoms. The van der Waals surface area contributed by atoms with Crippen LogP contribution in [0, 0.1) is 0 Å². The molecule has 0 saturated carbocycles. The van der Waals surface area contributed by atoms with Crippen molar-refractivity contribution in [2.75, 3.05) is 12.8 Å². The second-order valence-corrected chi connectivity index (χ2v) is 6.20. The van der Waals surface area contributed by atoms with Gasteiger partial charge in [0.2, 0.25) is 5.91 Å². The van der Waals surface area contributed by atoms with Crippen LogP contribution in [-0.4, -0.2) is 24.5 Å². The molecule has 0 aliphatic rings. The number of nitrogens with two attached hydrogens (primary N) is 2. The van der Waals surface area contributed by atoms with Gasteiger partial charge >= 0.3 is 0 Å². The number of thiophene rings is 1. The van der Waals surface area contributed by atoms with Crippen molar-refractivity contribution in [3.8, 4) is 5.75 Å². The molecule has 1 aromatic heterocycles. The van der Waals surface area contributed by atoms with Crippen molar-refractivity contribution in [3.05, 3.63) is 23.1 Å². The molecule has 6 nitrogen and oxygen atoms in total. The molecule has 0 spiro atoms. The molecular weight excluding hydrogens is 290 g/mol. The van der Waals surface area contributed by atoms with Crippen LogP contribution >= 0.6 is 11.3 Å². The average molecular weight is 307 g/mol. The third-order valence-corrected chi connectivity index (χ3v) is 4.35. The summed E-state index contributed by atoms with van der Waals surface area (Å²) in [5, 5.41) is 3.37. The molecule has 2 amide bonds. The van der Waals surface area contributed by atoms with Gasteiger partial charge in [0.1, 0.15) is 16.2 Å². The quantitative estimate of drug-likeness (QED) is 0.795. The number of ether oxygens (including phenoxy) is 1. The van der Waals surface area contributed by atoms with Crippen LogP contribution in [-0.2, 0) is 4.79 Å². The number of hydrogen-bond acceptors (Lipinski definition) is 5. The molecule has 0 aliphatic carbocycles. The van der Waals surface area contributed by atoms with Gasteiger partial charge < -0.3 is 21.5 Å². The first kappa shape index (κ1) is 15.1. The minimum Gasteiger partial charge on any atom is -0.497 e.